The zero-order valence-electron chi connectivity index (χ0n) is 12.9. The van der Waals surface area contributed by atoms with Crippen molar-refractivity contribution in [1.82, 2.24) is 9.78 Å². The first-order valence-corrected chi connectivity index (χ1v) is 7.35. The monoisotopic (exact) mass is 315 g/mol. The SMILES string of the molecule is CC(C)n1nc(C(=O)O)cc1C(=O)N1CCOc2ccccc21. The van der Waals surface area contributed by atoms with Crippen LogP contribution in [0.15, 0.2) is 30.3 Å². The highest BCUT2D eigenvalue weighted by atomic mass is 16.5. The van der Waals surface area contributed by atoms with Gasteiger partial charge in [0.15, 0.2) is 5.69 Å². The number of hydrogen-bond donors (Lipinski definition) is 1. The molecule has 7 heteroatoms. The molecule has 1 aromatic heterocycles. The van der Waals surface area contributed by atoms with E-state index < -0.39 is 5.97 Å². The highest BCUT2D eigenvalue weighted by molar-refractivity contribution is 6.07. The number of aromatic nitrogens is 2. The molecule has 1 amide bonds. The van der Waals surface area contributed by atoms with Crippen LogP contribution in [-0.4, -0.2) is 39.9 Å². The van der Waals surface area contributed by atoms with Crippen LogP contribution in [0.2, 0.25) is 0 Å². The molecule has 2 aromatic rings. The molecule has 0 bridgehead atoms. The van der Waals surface area contributed by atoms with Gasteiger partial charge in [-0.25, -0.2) is 4.79 Å². The van der Waals surface area contributed by atoms with Gasteiger partial charge in [-0.1, -0.05) is 12.1 Å². The second-order valence-corrected chi connectivity index (χ2v) is 5.53. The number of ether oxygens (including phenoxy) is 1. The van der Waals surface area contributed by atoms with E-state index in [1.807, 2.05) is 26.0 Å². The Labute approximate surface area is 133 Å². The van der Waals surface area contributed by atoms with Gasteiger partial charge in [-0.05, 0) is 26.0 Å². The Morgan fingerprint density at radius 2 is 2.04 bits per heavy atom. The third-order valence-electron chi connectivity index (χ3n) is 3.64. The molecule has 2 heterocycles. The van der Waals surface area contributed by atoms with E-state index in [1.165, 1.54) is 10.7 Å². The van der Waals surface area contributed by atoms with Gasteiger partial charge in [0, 0.05) is 12.1 Å². The van der Waals surface area contributed by atoms with Crippen molar-refractivity contribution in [3.8, 4) is 5.75 Å². The second-order valence-electron chi connectivity index (χ2n) is 5.53. The number of carbonyl (C=O) groups is 2. The number of rotatable bonds is 3. The number of carbonyl (C=O) groups excluding carboxylic acids is 1. The van der Waals surface area contributed by atoms with Gasteiger partial charge in [-0.15, -0.1) is 0 Å². The molecule has 1 aliphatic heterocycles. The number of carboxylic acids is 1. The molecule has 0 spiro atoms. The van der Waals surface area contributed by atoms with E-state index in [9.17, 15) is 9.59 Å². The third kappa shape index (κ3) is 2.65. The first-order chi connectivity index (χ1) is 11.0. The average molecular weight is 315 g/mol. The first kappa shape index (κ1) is 15.1. The topological polar surface area (TPSA) is 84.7 Å². The Kier molecular flexibility index (Phi) is 3.77. The van der Waals surface area contributed by atoms with Crippen LogP contribution in [0, 0.1) is 0 Å². The van der Waals surface area contributed by atoms with E-state index in [-0.39, 0.29) is 23.3 Å². The smallest absolute Gasteiger partial charge is 0.356 e. The van der Waals surface area contributed by atoms with Crippen molar-refractivity contribution in [2.24, 2.45) is 0 Å². The zero-order chi connectivity index (χ0) is 16.6. The molecule has 7 nitrogen and oxygen atoms in total. The fraction of sp³-hybridized carbons (Fsp3) is 0.312. The summed E-state index contributed by atoms with van der Waals surface area (Å²) in [6, 6.07) is 8.48. The standard InChI is InChI=1S/C16H17N3O4/c1-10(2)19-13(9-11(17-19)16(21)22)15(20)18-7-8-23-14-6-4-3-5-12(14)18/h3-6,9-10H,7-8H2,1-2H3,(H,21,22). The van der Waals surface area contributed by atoms with Gasteiger partial charge in [-0.2, -0.15) is 5.10 Å². The molecule has 120 valence electrons. The number of fused-ring (bicyclic) bond motifs is 1. The molecule has 0 fully saturated rings. The first-order valence-electron chi connectivity index (χ1n) is 7.35. The number of carboxylic acid groups (broad SMARTS) is 1. The lowest BCUT2D eigenvalue weighted by Crippen LogP contribution is -2.39. The summed E-state index contributed by atoms with van der Waals surface area (Å²) in [6.07, 6.45) is 0. The average Bonchev–Trinajstić information content (AvgIpc) is 2.99. The van der Waals surface area contributed by atoms with Crippen LogP contribution in [0.4, 0.5) is 5.69 Å². The van der Waals surface area contributed by atoms with E-state index in [0.717, 1.165) is 0 Å². The molecular weight excluding hydrogens is 298 g/mol. The summed E-state index contributed by atoms with van der Waals surface area (Å²) in [6.45, 7) is 4.50. The van der Waals surface area contributed by atoms with E-state index >= 15 is 0 Å². The van der Waals surface area contributed by atoms with Crippen molar-refractivity contribution in [2.45, 2.75) is 19.9 Å². The van der Waals surface area contributed by atoms with Crippen LogP contribution in [0.25, 0.3) is 0 Å². The Morgan fingerprint density at radius 3 is 2.74 bits per heavy atom. The summed E-state index contributed by atoms with van der Waals surface area (Å²) in [4.78, 5) is 25.7. The fourth-order valence-electron chi connectivity index (χ4n) is 2.57. The minimum Gasteiger partial charge on any atom is -0.490 e. The molecule has 0 saturated heterocycles. The van der Waals surface area contributed by atoms with Crippen molar-refractivity contribution in [1.29, 1.82) is 0 Å². The Bertz CT molecular complexity index is 766. The van der Waals surface area contributed by atoms with Gasteiger partial charge in [-0.3, -0.25) is 9.48 Å². The number of para-hydroxylation sites is 2. The lowest BCUT2D eigenvalue weighted by atomic mass is 10.2. The van der Waals surface area contributed by atoms with Crippen LogP contribution >= 0.6 is 0 Å². The highest BCUT2D eigenvalue weighted by Gasteiger charge is 2.28. The van der Waals surface area contributed by atoms with Gasteiger partial charge in [0.05, 0.1) is 12.2 Å². The van der Waals surface area contributed by atoms with Crippen molar-refractivity contribution >= 4 is 17.6 Å². The van der Waals surface area contributed by atoms with Gasteiger partial charge in [0.2, 0.25) is 0 Å². The number of aromatic carboxylic acids is 1. The van der Waals surface area contributed by atoms with Crippen LogP contribution < -0.4 is 9.64 Å². The molecule has 23 heavy (non-hydrogen) atoms. The van der Waals surface area contributed by atoms with Gasteiger partial charge in [0.25, 0.3) is 5.91 Å². The van der Waals surface area contributed by atoms with E-state index in [4.69, 9.17) is 9.84 Å². The van der Waals surface area contributed by atoms with Crippen LogP contribution in [0.1, 0.15) is 40.9 Å². The second kappa shape index (κ2) is 5.75. The zero-order valence-corrected chi connectivity index (χ0v) is 12.9. The number of nitrogens with zero attached hydrogens (tertiary/aromatic N) is 3. The van der Waals surface area contributed by atoms with Gasteiger partial charge in [0.1, 0.15) is 18.1 Å². The summed E-state index contributed by atoms with van der Waals surface area (Å²) in [5.74, 6) is -0.795. The lowest BCUT2D eigenvalue weighted by Gasteiger charge is -2.29. The fourth-order valence-corrected chi connectivity index (χ4v) is 2.57. The Morgan fingerprint density at radius 1 is 1.30 bits per heavy atom. The molecule has 1 aliphatic rings. The van der Waals surface area contributed by atoms with Crippen LogP contribution in [-0.2, 0) is 0 Å². The summed E-state index contributed by atoms with van der Waals surface area (Å²) < 4.78 is 7.00. The summed E-state index contributed by atoms with van der Waals surface area (Å²) in [5, 5.41) is 13.2. The number of hydrogen-bond acceptors (Lipinski definition) is 4. The maximum atomic E-state index is 12.9. The normalized spacial score (nSPS) is 13.6. The maximum absolute atomic E-state index is 12.9. The molecule has 0 atom stereocenters. The minimum absolute atomic E-state index is 0.127. The van der Waals surface area contributed by atoms with Crippen LogP contribution in [0.3, 0.4) is 0 Å². The molecule has 0 unspecified atom stereocenters. The van der Waals surface area contributed by atoms with Crippen molar-refractivity contribution in [3.63, 3.8) is 0 Å². The Balaban J connectivity index is 2.03. The number of benzene rings is 1. The van der Waals surface area contributed by atoms with E-state index in [0.29, 0.717) is 24.6 Å². The van der Waals surface area contributed by atoms with E-state index in [1.54, 1.807) is 17.0 Å². The quantitative estimate of drug-likeness (QED) is 0.938. The van der Waals surface area contributed by atoms with Crippen molar-refractivity contribution in [3.05, 3.63) is 41.7 Å². The molecule has 0 saturated carbocycles. The molecule has 1 N–H and O–H groups in total. The maximum Gasteiger partial charge on any atom is 0.356 e. The van der Waals surface area contributed by atoms with Gasteiger partial charge < -0.3 is 14.7 Å². The largest absolute Gasteiger partial charge is 0.490 e. The van der Waals surface area contributed by atoms with Crippen LogP contribution in [0.5, 0.6) is 5.75 Å². The van der Waals surface area contributed by atoms with Crippen molar-refractivity contribution in [2.75, 3.05) is 18.1 Å². The summed E-state index contributed by atoms with van der Waals surface area (Å²) in [5.41, 5.74) is 0.801. The summed E-state index contributed by atoms with van der Waals surface area (Å²) >= 11 is 0. The lowest BCUT2D eigenvalue weighted by molar-refractivity contribution is 0.0689. The molecule has 1 aromatic carbocycles. The predicted molar refractivity (Wildman–Crippen MR) is 83.2 cm³/mol. The highest BCUT2D eigenvalue weighted by Crippen LogP contribution is 2.32. The Hall–Kier alpha value is -2.83. The molecule has 0 radical (unpaired) electrons. The molecule has 0 aliphatic carbocycles. The number of anilines is 1. The summed E-state index contributed by atoms with van der Waals surface area (Å²) in [7, 11) is 0. The number of amides is 1. The molecule has 3 rings (SSSR count). The predicted octanol–water partition coefficient (Wildman–Crippen LogP) is 2.20. The van der Waals surface area contributed by atoms with Crippen molar-refractivity contribution < 1.29 is 19.4 Å². The molecular formula is C16H17N3O4. The third-order valence-corrected chi connectivity index (χ3v) is 3.64. The van der Waals surface area contributed by atoms with E-state index in [2.05, 4.69) is 5.10 Å². The minimum atomic E-state index is -1.15. The van der Waals surface area contributed by atoms with Gasteiger partial charge >= 0.3 is 5.97 Å².